The lowest BCUT2D eigenvalue weighted by molar-refractivity contribution is -0.115. The lowest BCUT2D eigenvalue weighted by atomic mass is 10.2. The van der Waals surface area contributed by atoms with Crippen molar-refractivity contribution < 1.29 is 4.79 Å². The molecule has 3 rings (SSSR count). The molecule has 0 aromatic carbocycles. The predicted octanol–water partition coefficient (Wildman–Crippen LogP) is 2.07. The van der Waals surface area contributed by atoms with Gasteiger partial charge in [0.1, 0.15) is 15.7 Å². The predicted molar refractivity (Wildman–Crippen MR) is 74.1 cm³/mol. The molecule has 0 unspecified atom stereocenters. The molecule has 2 aromatic rings. The highest BCUT2D eigenvalue weighted by molar-refractivity contribution is 8.00. The zero-order valence-electron chi connectivity index (χ0n) is 10.0. The van der Waals surface area contributed by atoms with Crippen molar-refractivity contribution in [3.05, 3.63) is 16.3 Å². The van der Waals surface area contributed by atoms with E-state index in [9.17, 15) is 4.79 Å². The van der Waals surface area contributed by atoms with E-state index >= 15 is 0 Å². The van der Waals surface area contributed by atoms with Crippen molar-refractivity contribution >= 4 is 39.2 Å². The van der Waals surface area contributed by atoms with Crippen molar-refractivity contribution in [3.8, 4) is 0 Å². The third-order valence-corrected chi connectivity index (χ3v) is 5.18. The molecule has 0 bridgehead atoms. The zero-order valence-corrected chi connectivity index (χ0v) is 11.7. The van der Waals surface area contributed by atoms with Gasteiger partial charge in [-0.05, 0) is 31.7 Å². The van der Waals surface area contributed by atoms with E-state index in [0.29, 0.717) is 0 Å². The molecule has 2 N–H and O–H groups in total. The Bertz CT molecular complexity index is 636. The Balaban J connectivity index is 2.13. The SMILES string of the molecule is Cc1nc(SCC(N)=O)c2c3c(sc2n1)CCC3. The second-order valence-corrected chi connectivity index (χ2v) is 6.42. The van der Waals surface area contributed by atoms with Crippen LogP contribution in [0.3, 0.4) is 0 Å². The number of rotatable bonds is 3. The van der Waals surface area contributed by atoms with Crippen LogP contribution >= 0.6 is 23.1 Å². The fourth-order valence-corrected chi connectivity index (χ4v) is 4.52. The van der Waals surface area contributed by atoms with Gasteiger partial charge in [0.15, 0.2) is 0 Å². The maximum Gasteiger partial charge on any atom is 0.227 e. The molecule has 1 aliphatic rings. The average Bonchev–Trinajstić information content (AvgIpc) is 2.84. The average molecular weight is 279 g/mol. The van der Waals surface area contributed by atoms with Gasteiger partial charge in [0, 0.05) is 10.3 Å². The molecule has 0 spiro atoms. The van der Waals surface area contributed by atoms with Gasteiger partial charge in [-0.3, -0.25) is 4.79 Å². The molecule has 2 aromatic heterocycles. The summed E-state index contributed by atoms with van der Waals surface area (Å²) in [5, 5.41) is 2.07. The highest BCUT2D eigenvalue weighted by Gasteiger charge is 2.22. The summed E-state index contributed by atoms with van der Waals surface area (Å²) in [4.78, 5) is 22.4. The normalized spacial score (nSPS) is 14.1. The Morgan fingerprint density at radius 3 is 3.06 bits per heavy atom. The van der Waals surface area contributed by atoms with E-state index in [2.05, 4.69) is 9.97 Å². The van der Waals surface area contributed by atoms with Crippen LogP contribution in [-0.2, 0) is 17.6 Å². The minimum Gasteiger partial charge on any atom is -0.369 e. The molecule has 0 fully saturated rings. The molecule has 1 amide bonds. The van der Waals surface area contributed by atoms with Crippen LogP contribution < -0.4 is 5.73 Å². The van der Waals surface area contributed by atoms with E-state index in [4.69, 9.17) is 5.73 Å². The van der Waals surface area contributed by atoms with Gasteiger partial charge >= 0.3 is 0 Å². The molecule has 0 atom stereocenters. The second kappa shape index (κ2) is 4.51. The number of nitrogens with two attached hydrogens (primary N) is 1. The van der Waals surface area contributed by atoms with E-state index in [0.717, 1.165) is 33.9 Å². The maximum absolute atomic E-state index is 10.9. The van der Waals surface area contributed by atoms with Gasteiger partial charge in [-0.15, -0.1) is 11.3 Å². The third-order valence-electron chi connectivity index (χ3n) is 2.99. The first-order valence-corrected chi connectivity index (χ1v) is 7.65. The molecule has 0 aliphatic heterocycles. The van der Waals surface area contributed by atoms with Crippen molar-refractivity contribution in [2.45, 2.75) is 31.2 Å². The summed E-state index contributed by atoms with van der Waals surface area (Å²) in [6, 6.07) is 0. The number of aryl methyl sites for hydroxylation is 3. The molecule has 0 saturated heterocycles. The summed E-state index contributed by atoms with van der Waals surface area (Å²) >= 11 is 3.19. The van der Waals surface area contributed by atoms with Crippen LogP contribution in [0.5, 0.6) is 0 Å². The molecule has 6 heteroatoms. The van der Waals surface area contributed by atoms with Crippen molar-refractivity contribution in [2.75, 3.05) is 5.75 Å². The minimum absolute atomic E-state index is 0.274. The third kappa shape index (κ3) is 1.99. The van der Waals surface area contributed by atoms with Gasteiger partial charge in [0.05, 0.1) is 5.75 Å². The number of aromatic nitrogens is 2. The van der Waals surface area contributed by atoms with Crippen LogP contribution in [0, 0.1) is 6.92 Å². The van der Waals surface area contributed by atoms with Crippen LogP contribution in [0.1, 0.15) is 22.7 Å². The van der Waals surface area contributed by atoms with Gasteiger partial charge in [-0.2, -0.15) is 0 Å². The molecular formula is C12H13N3OS2. The number of nitrogens with zero attached hydrogens (tertiary/aromatic N) is 2. The van der Waals surface area contributed by atoms with Crippen LogP contribution in [0.25, 0.3) is 10.2 Å². The lowest BCUT2D eigenvalue weighted by Crippen LogP contribution is -2.13. The van der Waals surface area contributed by atoms with Crippen LogP contribution in [0.2, 0.25) is 0 Å². The molecular weight excluding hydrogens is 266 g/mol. The first-order chi connectivity index (χ1) is 8.65. The summed E-state index contributed by atoms with van der Waals surface area (Å²) in [6.07, 6.45) is 3.46. The van der Waals surface area contributed by atoms with Crippen LogP contribution in [0.15, 0.2) is 5.03 Å². The Labute approximate surface area is 113 Å². The smallest absolute Gasteiger partial charge is 0.227 e. The first kappa shape index (κ1) is 11.9. The minimum atomic E-state index is -0.309. The highest BCUT2D eigenvalue weighted by Crippen LogP contribution is 2.40. The van der Waals surface area contributed by atoms with E-state index in [-0.39, 0.29) is 11.7 Å². The van der Waals surface area contributed by atoms with E-state index < -0.39 is 0 Å². The molecule has 4 nitrogen and oxygen atoms in total. The van der Waals surface area contributed by atoms with Crippen molar-refractivity contribution in [1.82, 2.24) is 9.97 Å². The van der Waals surface area contributed by atoms with Gasteiger partial charge in [0.2, 0.25) is 5.91 Å². The lowest BCUT2D eigenvalue weighted by Gasteiger charge is -2.04. The molecule has 2 heterocycles. The molecule has 94 valence electrons. The fourth-order valence-electron chi connectivity index (χ4n) is 2.31. The topological polar surface area (TPSA) is 68.9 Å². The standard InChI is InChI=1S/C12H13N3OS2/c1-6-14-11(17-5-9(13)16)10-7-3-2-4-8(7)18-12(10)15-6/h2-5H2,1H3,(H2,13,16). The Morgan fingerprint density at radius 2 is 2.28 bits per heavy atom. The molecule has 0 saturated carbocycles. The van der Waals surface area contributed by atoms with Crippen LogP contribution in [0.4, 0.5) is 0 Å². The Hall–Kier alpha value is -1.14. The first-order valence-electron chi connectivity index (χ1n) is 5.85. The summed E-state index contributed by atoms with van der Waals surface area (Å²) in [5.41, 5.74) is 6.60. The number of hydrogen-bond acceptors (Lipinski definition) is 5. The summed E-state index contributed by atoms with van der Waals surface area (Å²) in [5.74, 6) is 0.724. The Morgan fingerprint density at radius 1 is 1.44 bits per heavy atom. The van der Waals surface area contributed by atoms with E-state index in [1.165, 1.54) is 28.6 Å². The van der Waals surface area contributed by atoms with E-state index in [1.54, 1.807) is 11.3 Å². The summed E-state index contributed by atoms with van der Waals surface area (Å²) < 4.78 is 0. The number of thioether (sulfide) groups is 1. The molecule has 0 radical (unpaired) electrons. The number of amides is 1. The molecule has 1 aliphatic carbocycles. The number of hydrogen-bond donors (Lipinski definition) is 1. The fraction of sp³-hybridized carbons (Fsp3) is 0.417. The van der Waals surface area contributed by atoms with Crippen molar-refractivity contribution in [1.29, 1.82) is 0 Å². The maximum atomic E-state index is 10.9. The summed E-state index contributed by atoms with van der Waals surface area (Å²) in [6.45, 7) is 1.89. The number of carbonyl (C=O) groups is 1. The second-order valence-electron chi connectivity index (χ2n) is 4.37. The van der Waals surface area contributed by atoms with Gasteiger partial charge < -0.3 is 5.73 Å². The largest absolute Gasteiger partial charge is 0.369 e. The zero-order chi connectivity index (χ0) is 12.7. The van der Waals surface area contributed by atoms with Crippen LogP contribution in [-0.4, -0.2) is 21.6 Å². The van der Waals surface area contributed by atoms with Gasteiger partial charge in [-0.25, -0.2) is 9.97 Å². The molecule has 18 heavy (non-hydrogen) atoms. The van der Waals surface area contributed by atoms with E-state index in [1.807, 2.05) is 6.92 Å². The van der Waals surface area contributed by atoms with Crippen molar-refractivity contribution in [2.24, 2.45) is 5.73 Å². The van der Waals surface area contributed by atoms with Gasteiger partial charge in [-0.1, -0.05) is 11.8 Å². The summed E-state index contributed by atoms with van der Waals surface area (Å²) in [7, 11) is 0. The number of primary amides is 1. The quantitative estimate of drug-likeness (QED) is 0.690. The van der Waals surface area contributed by atoms with Crippen molar-refractivity contribution in [3.63, 3.8) is 0 Å². The van der Waals surface area contributed by atoms with Gasteiger partial charge in [0.25, 0.3) is 0 Å². The number of fused-ring (bicyclic) bond motifs is 3. The number of carbonyl (C=O) groups excluding carboxylic acids is 1. The monoisotopic (exact) mass is 279 g/mol. The number of thiophene rings is 1. The Kier molecular flexibility index (Phi) is 2.99. The highest BCUT2D eigenvalue weighted by atomic mass is 32.2.